The van der Waals surface area contributed by atoms with Crippen LogP contribution in [0.4, 0.5) is 4.39 Å². The summed E-state index contributed by atoms with van der Waals surface area (Å²) in [4.78, 5) is 0. The maximum atomic E-state index is 13.6. The van der Waals surface area contributed by atoms with Gasteiger partial charge in [0.25, 0.3) is 0 Å². The second-order valence-electron chi connectivity index (χ2n) is 13.9. The fourth-order valence-corrected chi connectivity index (χ4v) is 10.1. The highest BCUT2D eigenvalue weighted by molar-refractivity contribution is 5.29. The van der Waals surface area contributed by atoms with Crippen LogP contribution < -0.4 is 0 Å². The molecule has 7 heteroatoms. The van der Waals surface area contributed by atoms with Crippen molar-refractivity contribution in [1.29, 1.82) is 0 Å². The van der Waals surface area contributed by atoms with Crippen molar-refractivity contribution in [3.63, 3.8) is 0 Å². The van der Waals surface area contributed by atoms with Gasteiger partial charge in [0, 0.05) is 12.5 Å². The second kappa shape index (κ2) is 10.0. The van der Waals surface area contributed by atoms with Crippen molar-refractivity contribution in [2.24, 2.45) is 28.6 Å². The van der Waals surface area contributed by atoms with E-state index in [2.05, 4.69) is 13.8 Å². The number of ether oxygens (including phenoxy) is 3. The molecule has 39 heavy (non-hydrogen) atoms. The molecule has 1 aromatic carbocycles. The van der Waals surface area contributed by atoms with Gasteiger partial charge in [0.15, 0.2) is 6.29 Å². The Morgan fingerprint density at radius 3 is 2.38 bits per heavy atom. The molecule has 3 N–H and O–H groups in total. The first-order chi connectivity index (χ1) is 18.5. The van der Waals surface area contributed by atoms with Crippen molar-refractivity contribution in [1.82, 2.24) is 0 Å². The molecular weight excluding hydrogens is 499 g/mol. The molecule has 0 radical (unpaired) electrons. The van der Waals surface area contributed by atoms with Gasteiger partial charge in [-0.15, -0.1) is 0 Å². The van der Waals surface area contributed by atoms with E-state index in [1.54, 1.807) is 19.1 Å². The van der Waals surface area contributed by atoms with Crippen LogP contribution in [-0.4, -0.2) is 64.8 Å². The Morgan fingerprint density at radius 1 is 0.923 bits per heavy atom. The summed E-state index contributed by atoms with van der Waals surface area (Å²) >= 11 is 0. The first-order valence-electron chi connectivity index (χ1n) is 15.2. The van der Waals surface area contributed by atoms with Crippen LogP contribution in [0.25, 0.3) is 0 Å². The van der Waals surface area contributed by atoms with Crippen molar-refractivity contribution in [2.45, 2.75) is 127 Å². The summed E-state index contributed by atoms with van der Waals surface area (Å²) in [5.41, 5.74) is 0.430. The number of hydrogen-bond acceptors (Lipinski definition) is 6. The molecule has 0 amide bonds. The maximum absolute atomic E-state index is 13.6. The third-order valence-corrected chi connectivity index (χ3v) is 12.5. The lowest BCUT2D eigenvalue weighted by atomic mass is 9.43. The zero-order chi connectivity index (χ0) is 27.7. The minimum Gasteiger partial charge on any atom is -0.389 e. The van der Waals surface area contributed by atoms with Gasteiger partial charge in [-0.1, -0.05) is 26.0 Å². The van der Waals surface area contributed by atoms with Gasteiger partial charge in [-0.3, -0.25) is 0 Å². The summed E-state index contributed by atoms with van der Waals surface area (Å²) in [5.74, 6) is 1.32. The number of aliphatic hydroxyl groups is 3. The van der Waals surface area contributed by atoms with Crippen LogP contribution in [0.1, 0.15) is 90.0 Å². The summed E-state index contributed by atoms with van der Waals surface area (Å²) in [7, 11) is 1.49. The highest BCUT2D eigenvalue weighted by Gasteiger charge is 2.67. The molecule has 0 bridgehead atoms. The maximum Gasteiger partial charge on any atom is 0.186 e. The Hall–Kier alpha value is -1.09. The van der Waals surface area contributed by atoms with Gasteiger partial charge in [0.1, 0.15) is 24.1 Å². The zero-order valence-electron chi connectivity index (χ0n) is 23.9. The Kier molecular flexibility index (Phi) is 7.21. The largest absolute Gasteiger partial charge is 0.389 e. The molecule has 6 nitrogen and oxygen atoms in total. The number of methoxy groups -OCH3 is 1. The average Bonchev–Trinajstić information content (AvgIpc) is 3.19. The van der Waals surface area contributed by atoms with E-state index in [0.717, 1.165) is 63.4 Å². The second-order valence-corrected chi connectivity index (χ2v) is 13.9. The van der Waals surface area contributed by atoms with Gasteiger partial charge < -0.3 is 29.5 Å². The summed E-state index contributed by atoms with van der Waals surface area (Å²) < 4.78 is 31.2. The molecule has 1 aliphatic heterocycles. The molecule has 0 aromatic heterocycles. The van der Waals surface area contributed by atoms with Gasteiger partial charge >= 0.3 is 0 Å². The van der Waals surface area contributed by atoms with Crippen LogP contribution in [0.5, 0.6) is 0 Å². The minimum atomic E-state index is -1.04. The Bertz CT molecular complexity index is 1040. The van der Waals surface area contributed by atoms with Gasteiger partial charge in [0.2, 0.25) is 0 Å². The zero-order valence-corrected chi connectivity index (χ0v) is 23.9. The molecule has 13 atom stereocenters. The molecule has 218 valence electrons. The van der Waals surface area contributed by atoms with Gasteiger partial charge in [-0.25, -0.2) is 4.39 Å². The molecule has 5 fully saturated rings. The van der Waals surface area contributed by atoms with Crippen LogP contribution >= 0.6 is 0 Å². The molecule has 1 saturated heterocycles. The number of hydrogen-bond donors (Lipinski definition) is 3. The monoisotopic (exact) mass is 546 g/mol. The van der Waals surface area contributed by atoms with E-state index in [4.69, 9.17) is 14.2 Å². The van der Waals surface area contributed by atoms with Crippen molar-refractivity contribution in [2.75, 3.05) is 7.11 Å². The lowest BCUT2D eigenvalue weighted by molar-refractivity contribution is -0.313. The first-order valence-corrected chi connectivity index (χ1v) is 15.2. The number of aliphatic hydroxyl groups excluding tert-OH is 2. The van der Waals surface area contributed by atoms with Crippen LogP contribution in [-0.2, 0) is 14.2 Å². The standard InChI is InChI=1S/C32H47FO6/c1-18-26(34)28(37-4)27(35)29(38-18)39-22-11-14-30(2)20(17-22)7-10-25-24(30)12-15-31(3)23(13-16-32(25,31)36)19-5-8-21(33)9-6-19/h5-6,8-9,18,20,22-29,34-36H,7,10-17H2,1-4H3/t18-,20+,22-,23+,24-,25+,26-,27-,28+,29-,30-,31+,32-/m0/s1. The molecule has 4 aliphatic carbocycles. The van der Waals surface area contributed by atoms with Crippen molar-refractivity contribution < 1.29 is 33.9 Å². The van der Waals surface area contributed by atoms with E-state index in [9.17, 15) is 19.7 Å². The third-order valence-electron chi connectivity index (χ3n) is 12.5. The van der Waals surface area contributed by atoms with E-state index in [1.807, 2.05) is 12.1 Å². The van der Waals surface area contributed by atoms with Crippen LogP contribution in [0, 0.1) is 34.4 Å². The van der Waals surface area contributed by atoms with E-state index < -0.39 is 36.3 Å². The fourth-order valence-electron chi connectivity index (χ4n) is 10.1. The third kappa shape index (κ3) is 4.25. The van der Waals surface area contributed by atoms with Crippen molar-refractivity contribution >= 4 is 0 Å². The molecule has 4 saturated carbocycles. The minimum absolute atomic E-state index is 0.00879. The molecule has 1 heterocycles. The van der Waals surface area contributed by atoms with E-state index >= 15 is 0 Å². The Labute approximate surface area is 232 Å². The number of benzene rings is 1. The van der Waals surface area contributed by atoms with Crippen LogP contribution in [0.2, 0.25) is 0 Å². The number of halogens is 1. The summed E-state index contributed by atoms with van der Waals surface area (Å²) in [6.45, 7) is 6.53. The number of fused-ring (bicyclic) bond motifs is 5. The molecule has 6 rings (SSSR count). The molecule has 0 spiro atoms. The summed E-state index contributed by atoms with van der Waals surface area (Å²) in [6, 6.07) is 6.96. The van der Waals surface area contributed by atoms with Crippen LogP contribution in [0.3, 0.4) is 0 Å². The predicted molar refractivity (Wildman–Crippen MR) is 144 cm³/mol. The van der Waals surface area contributed by atoms with Gasteiger partial charge in [0.05, 0.1) is 17.8 Å². The van der Waals surface area contributed by atoms with E-state index in [-0.39, 0.29) is 34.6 Å². The van der Waals surface area contributed by atoms with Crippen molar-refractivity contribution in [3.8, 4) is 0 Å². The average molecular weight is 547 g/mol. The normalized spacial score (nSPS) is 51.6. The Balaban J connectivity index is 1.16. The highest BCUT2D eigenvalue weighted by atomic mass is 19.1. The predicted octanol–water partition coefficient (Wildman–Crippen LogP) is 4.93. The smallest absolute Gasteiger partial charge is 0.186 e. The van der Waals surface area contributed by atoms with Crippen LogP contribution in [0.15, 0.2) is 24.3 Å². The van der Waals surface area contributed by atoms with Gasteiger partial charge in [-0.05, 0) is 111 Å². The molecule has 5 aliphatic rings. The van der Waals surface area contributed by atoms with E-state index in [1.165, 1.54) is 7.11 Å². The molecule has 0 unspecified atom stereocenters. The lowest BCUT2D eigenvalue weighted by Crippen LogP contribution is -2.62. The van der Waals surface area contributed by atoms with Gasteiger partial charge in [-0.2, -0.15) is 0 Å². The topological polar surface area (TPSA) is 88.4 Å². The molecular formula is C32H47FO6. The quantitative estimate of drug-likeness (QED) is 0.464. The molecule has 1 aromatic rings. The highest BCUT2D eigenvalue weighted by Crippen LogP contribution is 2.70. The summed E-state index contributed by atoms with van der Waals surface area (Å²) in [5, 5.41) is 33.6. The number of rotatable bonds is 4. The fraction of sp³-hybridized carbons (Fsp3) is 0.812. The van der Waals surface area contributed by atoms with E-state index in [0.29, 0.717) is 11.8 Å². The summed E-state index contributed by atoms with van der Waals surface area (Å²) in [6.07, 6.45) is 4.89. The Morgan fingerprint density at radius 2 is 1.67 bits per heavy atom. The van der Waals surface area contributed by atoms with Crippen molar-refractivity contribution in [3.05, 3.63) is 35.6 Å². The lowest BCUT2D eigenvalue weighted by Gasteiger charge is -2.64. The first kappa shape index (κ1) is 28.0. The SMILES string of the molecule is CO[C@H]1[C@H](O)[C@H](O[C@H]2CC[C@@]3(C)[C@H](CC[C@@H]4[C@@H]3CC[C@]3(C)[C@@H](c5ccc(F)cc5)CC[C@]43O)C2)O[C@@H](C)[C@@H]1O.